The van der Waals surface area contributed by atoms with Gasteiger partial charge in [-0.25, -0.2) is 9.97 Å². The predicted molar refractivity (Wildman–Crippen MR) is 96.2 cm³/mol. The Morgan fingerprint density at radius 3 is 2.65 bits per heavy atom. The second-order valence-corrected chi connectivity index (χ2v) is 6.44. The molecule has 0 saturated carbocycles. The molecular weight excluding hydrogens is 334 g/mol. The Morgan fingerprint density at radius 2 is 1.96 bits per heavy atom. The summed E-state index contributed by atoms with van der Waals surface area (Å²) >= 11 is 0. The van der Waals surface area contributed by atoms with Gasteiger partial charge in [-0.15, -0.1) is 0 Å². The average molecular weight is 353 g/mol. The van der Waals surface area contributed by atoms with E-state index in [1.165, 1.54) is 0 Å². The molecule has 1 saturated heterocycles. The zero-order valence-corrected chi connectivity index (χ0v) is 14.1. The summed E-state index contributed by atoms with van der Waals surface area (Å²) in [4.78, 5) is 34.1. The van der Waals surface area contributed by atoms with Crippen LogP contribution in [0.25, 0.3) is 11.1 Å². The van der Waals surface area contributed by atoms with E-state index in [0.29, 0.717) is 11.4 Å². The molecule has 1 atom stereocenters. The molecule has 2 aliphatic heterocycles. The number of pyridine rings is 2. The number of amides is 1. The SMILES string of the molecule is O=C(O)CC1C(=O)Nc2ncc(-c3ccc(N4CCNCC4)nc3)cc21. The van der Waals surface area contributed by atoms with E-state index >= 15 is 0 Å². The fourth-order valence-electron chi connectivity index (χ4n) is 3.37. The fourth-order valence-corrected chi connectivity index (χ4v) is 3.37. The first-order valence-electron chi connectivity index (χ1n) is 8.56. The first kappa shape index (κ1) is 16.5. The van der Waals surface area contributed by atoms with Crippen molar-refractivity contribution in [1.29, 1.82) is 0 Å². The van der Waals surface area contributed by atoms with E-state index in [1.807, 2.05) is 18.2 Å². The molecule has 4 heterocycles. The number of hydrogen-bond donors (Lipinski definition) is 3. The van der Waals surface area contributed by atoms with Gasteiger partial charge in [0, 0.05) is 55.3 Å². The minimum Gasteiger partial charge on any atom is -0.481 e. The Bertz CT molecular complexity index is 846. The van der Waals surface area contributed by atoms with Gasteiger partial charge < -0.3 is 20.6 Å². The monoisotopic (exact) mass is 353 g/mol. The standard InChI is InChI=1S/C18H19N5O3/c24-16(25)8-14-13-7-12(10-21-17(13)22-18(14)26)11-1-2-15(20-9-11)23-5-3-19-4-6-23/h1-2,7,9-10,14,19H,3-6,8H2,(H,24,25)(H,21,22,26). The van der Waals surface area contributed by atoms with Crippen molar-refractivity contribution in [3.8, 4) is 11.1 Å². The van der Waals surface area contributed by atoms with Crippen molar-refractivity contribution < 1.29 is 14.7 Å². The maximum absolute atomic E-state index is 12.0. The number of nitrogens with zero attached hydrogens (tertiary/aromatic N) is 3. The highest BCUT2D eigenvalue weighted by molar-refractivity contribution is 6.03. The molecular formula is C18H19N5O3. The quantitative estimate of drug-likeness (QED) is 0.754. The van der Waals surface area contributed by atoms with Crippen LogP contribution in [0.3, 0.4) is 0 Å². The topological polar surface area (TPSA) is 107 Å². The van der Waals surface area contributed by atoms with Crippen molar-refractivity contribution in [2.45, 2.75) is 12.3 Å². The van der Waals surface area contributed by atoms with Crippen molar-refractivity contribution in [1.82, 2.24) is 15.3 Å². The van der Waals surface area contributed by atoms with Crippen LogP contribution >= 0.6 is 0 Å². The molecule has 3 N–H and O–H groups in total. The molecule has 0 aliphatic carbocycles. The third-order valence-corrected chi connectivity index (χ3v) is 4.75. The van der Waals surface area contributed by atoms with E-state index < -0.39 is 11.9 Å². The van der Waals surface area contributed by atoms with Crippen LogP contribution in [0.15, 0.2) is 30.6 Å². The van der Waals surface area contributed by atoms with Gasteiger partial charge in [0.25, 0.3) is 0 Å². The Kier molecular flexibility index (Phi) is 4.26. The van der Waals surface area contributed by atoms with Crippen LogP contribution in [-0.2, 0) is 9.59 Å². The van der Waals surface area contributed by atoms with E-state index in [-0.39, 0.29) is 12.3 Å². The van der Waals surface area contributed by atoms with Gasteiger partial charge in [-0.2, -0.15) is 0 Å². The van der Waals surface area contributed by atoms with Gasteiger partial charge in [0.15, 0.2) is 0 Å². The Hall–Kier alpha value is -3.00. The molecule has 0 bridgehead atoms. The van der Waals surface area contributed by atoms with E-state index in [1.54, 1.807) is 12.4 Å². The minimum absolute atomic E-state index is 0.246. The molecule has 26 heavy (non-hydrogen) atoms. The van der Waals surface area contributed by atoms with Crippen molar-refractivity contribution in [3.63, 3.8) is 0 Å². The van der Waals surface area contributed by atoms with Crippen LogP contribution in [-0.4, -0.2) is 53.1 Å². The van der Waals surface area contributed by atoms with Crippen LogP contribution in [0.4, 0.5) is 11.6 Å². The summed E-state index contributed by atoms with van der Waals surface area (Å²) in [6.07, 6.45) is 3.21. The zero-order chi connectivity index (χ0) is 18.1. The van der Waals surface area contributed by atoms with Crippen LogP contribution in [0.1, 0.15) is 17.9 Å². The first-order chi connectivity index (χ1) is 12.6. The Balaban J connectivity index is 1.60. The molecule has 1 amide bonds. The largest absolute Gasteiger partial charge is 0.481 e. The van der Waals surface area contributed by atoms with E-state index in [0.717, 1.165) is 43.1 Å². The number of fused-ring (bicyclic) bond motifs is 1. The lowest BCUT2D eigenvalue weighted by Gasteiger charge is -2.28. The highest BCUT2D eigenvalue weighted by Gasteiger charge is 2.33. The zero-order valence-electron chi connectivity index (χ0n) is 14.1. The molecule has 2 aliphatic rings. The number of nitrogens with one attached hydrogen (secondary N) is 2. The molecule has 2 aromatic rings. The normalized spacial score (nSPS) is 19.2. The van der Waals surface area contributed by atoms with Gasteiger partial charge in [-0.3, -0.25) is 9.59 Å². The number of carboxylic acids is 1. The number of aromatic nitrogens is 2. The number of anilines is 2. The van der Waals surface area contributed by atoms with Gasteiger partial charge in [0.05, 0.1) is 12.3 Å². The molecule has 0 radical (unpaired) electrons. The van der Waals surface area contributed by atoms with Crippen molar-refractivity contribution >= 4 is 23.5 Å². The highest BCUT2D eigenvalue weighted by Crippen LogP contribution is 2.35. The number of piperazine rings is 1. The van der Waals surface area contributed by atoms with E-state index in [2.05, 4.69) is 25.5 Å². The average Bonchev–Trinajstić information content (AvgIpc) is 2.97. The van der Waals surface area contributed by atoms with Gasteiger partial charge in [-0.05, 0) is 18.2 Å². The summed E-state index contributed by atoms with van der Waals surface area (Å²) < 4.78 is 0. The molecule has 0 aromatic carbocycles. The molecule has 1 unspecified atom stereocenters. The molecule has 2 aromatic heterocycles. The summed E-state index contributed by atoms with van der Waals surface area (Å²) in [5.41, 5.74) is 2.32. The van der Waals surface area contributed by atoms with Gasteiger partial charge in [0.1, 0.15) is 11.6 Å². The lowest BCUT2D eigenvalue weighted by atomic mass is 9.96. The van der Waals surface area contributed by atoms with E-state index in [9.17, 15) is 9.59 Å². The number of carbonyl (C=O) groups excluding carboxylic acids is 1. The second-order valence-electron chi connectivity index (χ2n) is 6.44. The molecule has 4 rings (SSSR count). The lowest BCUT2D eigenvalue weighted by Crippen LogP contribution is -2.43. The number of carbonyl (C=O) groups is 2. The highest BCUT2D eigenvalue weighted by atomic mass is 16.4. The smallest absolute Gasteiger partial charge is 0.304 e. The van der Waals surface area contributed by atoms with Gasteiger partial charge in [0.2, 0.25) is 5.91 Å². The summed E-state index contributed by atoms with van der Waals surface area (Å²) in [7, 11) is 0. The van der Waals surface area contributed by atoms with Crippen molar-refractivity contribution in [2.75, 3.05) is 36.4 Å². The van der Waals surface area contributed by atoms with Crippen LogP contribution in [0.2, 0.25) is 0 Å². The maximum atomic E-state index is 12.0. The first-order valence-corrected chi connectivity index (χ1v) is 8.56. The van der Waals surface area contributed by atoms with Crippen LogP contribution in [0, 0.1) is 0 Å². The van der Waals surface area contributed by atoms with Gasteiger partial charge in [-0.1, -0.05) is 0 Å². The molecule has 8 nitrogen and oxygen atoms in total. The number of rotatable bonds is 4. The third-order valence-electron chi connectivity index (χ3n) is 4.75. The Morgan fingerprint density at radius 1 is 1.19 bits per heavy atom. The summed E-state index contributed by atoms with van der Waals surface area (Å²) in [5.74, 6) is -0.659. The number of carboxylic acid groups (broad SMARTS) is 1. The number of aliphatic carboxylic acids is 1. The fraction of sp³-hybridized carbons (Fsp3) is 0.333. The van der Waals surface area contributed by atoms with Crippen molar-refractivity contribution in [3.05, 3.63) is 36.2 Å². The van der Waals surface area contributed by atoms with Crippen LogP contribution in [0.5, 0.6) is 0 Å². The lowest BCUT2D eigenvalue weighted by molar-refractivity contribution is -0.138. The second kappa shape index (κ2) is 6.72. The van der Waals surface area contributed by atoms with Gasteiger partial charge >= 0.3 is 5.97 Å². The minimum atomic E-state index is -1.01. The Labute approximate surface area is 150 Å². The number of hydrogen-bond acceptors (Lipinski definition) is 6. The molecule has 134 valence electrons. The molecule has 8 heteroatoms. The molecule has 1 fully saturated rings. The van der Waals surface area contributed by atoms with Crippen molar-refractivity contribution in [2.24, 2.45) is 0 Å². The maximum Gasteiger partial charge on any atom is 0.304 e. The van der Waals surface area contributed by atoms with Crippen LogP contribution < -0.4 is 15.5 Å². The summed E-state index contributed by atoms with van der Waals surface area (Å²) in [5, 5.41) is 15.0. The third kappa shape index (κ3) is 3.11. The summed E-state index contributed by atoms with van der Waals surface area (Å²) in [6, 6.07) is 5.78. The van der Waals surface area contributed by atoms with E-state index in [4.69, 9.17) is 5.11 Å². The summed E-state index contributed by atoms with van der Waals surface area (Å²) in [6.45, 7) is 3.75. The molecule has 0 spiro atoms. The predicted octanol–water partition coefficient (Wildman–Crippen LogP) is 1.06.